The first-order valence-electron chi connectivity index (χ1n) is 4.34. The van der Waals surface area contributed by atoms with E-state index in [-0.39, 0.29) is 5.12 Å². The third-order valence-corrected chi connectivity index (χ3v) is 3.36. The van der Waals surface area contributed by atoms with Crippen LogP contribution in [0.3, 0.4) is 0 Å². The van der Waals surface area contributed by atoms with Gasteiger partial charge in [-0.15, -0.1) is 0 Å². The zero-order valence-electron chi connectivity index (χ0n) is 8.17. The fourth-order valence-corrected chi connectivity index (χ4v) is 1.97. The van der Waals surface area contributed by atoms with Gasteiger partial charge >= 0.3 is 0 Å². The monoisotopic (exact) mass is 304 g/mol. The van der Waals surface area contributed by atoms with Crippen molar-refractivity contribution in [2.24, 2.45) is 0 Å². The van der Waals surface area contributed by atoms with Crippen LogP contribution in [0.1, 0.15) is 12.5 Å². The Hall–Kier alpha value is -0.250. The zero-order chi connectivity index (χ0) is 11.3. The number of benzene rings is 1. The van der Waals surface area contributed by atoms with Gasteiger partial charge in [-0.05, 0) is 23.8 Å². The molecule has 1 rings (SSSR count). The molecule has 0 fully saturated rings. The summed E-state index contributed by atoms with van der Waals surface area (Å²) in [6.07, 6.45) is 3.90. The molecular weight excluding hydrogens is 296 g/mol. The van der Waals surface area contributed by atoms with Crippen LogP contribution in [0.25, 0.3) is 6.08 Å². The van der Waals surface area contributed by atoms with E-state index in [0.717, 1.165) is 10.0 Å². The van der Waals surface area contributed by atoms with E-state index in [1.807, 2.05) is 30.4 Å². The smallest absolute Gasteiger partial charge is 0.186 e. The summed E-state index contributed by atoms with van der Waals surface area (Å²) < 4.78 is 0.996. The van der Waals surface area contributed by atoms with Crippen molar-refractivity contribution in [2.45, 2.75) is 6.92 Å². The van der Waals surface area contributed by atoms with Crippen LogP contribution in [-0.4, -0.2) is 10.9 Å². The molecule has 0 aliphatic rings. The van der Waals surface area contributed by atoms with E-state index >= 15 is 0 Å². The number of rotatable bonds is 3. The molecule has 80 valence electrons. The molecular formula is C11H10BrClOS. The largest absolute Gasteiger partial charge is 0.288 e. The molecule has 0 heterocycles. The lowest BCUT2D eigenvalue weighted by Gasteiger charge is -1.98. The molecule has 1 nitrogen and oxygen atoms in total. The lowest BCUT2D eigenvalue weighted by molar-refractivity contribution is -0.109. The lowest BCUT2D eigenvalue weighted by atomic mass is 10.2. The first-order valence-corrected chi connectivity index (χ1v) is 6.50. The summed E-state index contributed by atoms with van der Waals surface area (Å²) in [5.74, 6) is 0.689. The highest BCUT2D eigenvalue weighted by molar-refractivity contribution is 9.10. The maximum atomic E-state index is 10.7. The van der Waals surface area contributed by atoms with Crippen LogP contribution in [0, 0.1) is 0 Å². The molecule has 0 saturated heterocycles. The van der Waals surface area contributed by atoms with Gasteiger partial charge in [-0.1, -0.05) is 51.4 Å². The van der Waals surface area contributed by atoms with Gasteiger partial charge in [0.1, 0.15) is 0 Å². The Bertz CT molecular complexity index is 390. The Kier molecular flexibility index (Phi) is 5.43. The van der Waals surface area contributed by atoms with E-state index in [1.54, 1.807) is 6.92 Å². The molecule has 0 spiro atoms. The number of thioether (sulfide) groups is 1. The molecule has 0 atom stereocenters. The Labute approximate surface area is 107 Å². The van der Waals surface area contributed by atoms with E-state index in [4.69, 9.17) is 11.6 Å². The van der Waals surface area contributed by atoms with Crippen LogP contribution in [0.4, 0.5) is 0 Å². The fraction of sp³-hybridized carbons (Fsp3) is 0.182. The number of carbonyl (C=O) groups excluding carboxylic acids is 1. The summed E-state index contributed by atoms with van der Waals surface area (Å²) in [5, 5.41) is 0.835. The minimum Gasteiger partial charge on any atom is -0.288 e. The van der Waals surface area contributed by atoms with Gasteiger partial charge in [0.2, 0.25) is 0 Å². The Morgan fingerprint density at radius 1 is 1.60 bits per heavy atom. The van der Waals surface area contributed by atoms with Gasteiger partial charge in [0, 0.05) is 22.2 Å². The second-order valence-corrected chi connectivity index (χ2v) is 5.36. The van der Waals surface area contributed by atoms with Crippen molar-refractivity contribution >= 4 is 50.5 Å². The topological polar surface area (TPSA) is 17.1 Å². The maximum Gasteiger partial charge on any atom is 0.186 e. The van der Waals surface area contributed by atoms with Crippen LogP contribution in [0.2, 0.25) is 5.02 Å². The SMILES string of the molecule is CC(=O)SCC=Cc1cc(Cl)ccc1Br. The fourth-order valence-electron chi connectivity index (χ4n) is 0.983. The quantitative estimate of drug-likeness (QED) is 0.823. The summed E-state index contributed by atoms with van der Waals surface area (Å²) >= 11 is 10.6. The van der Waals surface area contributed by atoms with Gasteiger partial charge in [0.05, 0.1) is 0 Å². The molecule has 0 bridgehead atoms. The molecule has 0 aliphatic carbocycles. The van der Waals surface area contributed by atoms with Crippen molar-refractivity contribution in [1.29, 1.82) is 0 Å². The predicted octanol–water partition coefficient (Wildman–Crippen LogP) is 4.40. The van der Waals surface area contributed by atoms with Crippen LogP contribution >= 0.6 is 39.3 Å². The van der Waals surface area contributed by atoms with Crippen molar-refractivity contribution in [3.05, 3.63) is 39.3 Å². The summed E-state index contributed by atoms with van der Waals surface area (Å²) in [5.41, 5.74) is 1.02. The minimum absolute atomic E-state index is 0.129. The van der Waals surface area contributed by atoms with Crippen LogP contribution in [0.5, 0.6) is 0 Å². The molecule has 0 amide bonds. The Morgan fingerprint density at radius 2 is 2.33 bits per heavy atom. The molecule has 0 saturated carbocycles. The van der Waals surface area contributed by atoms with Crippen LogP contribution in [-0.2, 0) is 4.79 Å². The Balaban J connectivity index is 2.63. The summed E-state index contributed by atoms with van der Waals surface area (Å²) in [4.78, 5) is 10.7. The normalized spacial score (nSPS) is 10.9. The molecule has 0 N–H and O–H groups in total. The summed E-state index contributed by atoms with van der Waals surface area (Å²) in [6, 6.07) is 5.61. The molecule has 15 heavy (non-hydrogen) atoms. The van der Waals surface area contributed by atoms with Gasteiger partial charge in [-0.25, -0.2) is 0 Å². The maximum absolute atomic E-state index is 10.7. The van der Waals surface area contributed by atoms with Crippen molar-refractivity contribution in [3.8, 4) is 0 Å². The first kappa shape index (κ1) is 12.8. The molecule has 1 aromatic carbocycles. The van der Waals surface area contributed by atoms with Crippen LogP contribution < -0.4 is 0 Å². The van der Waals surface area contributed by atoms with E-state index < -0.39 is 0 Å². The van der Waals surface area contributed by atoms with Crippen molar-refractivity contribution < 1.29 is 4.79 Å². The van der Waals surface area contributed by atoms with Gasteiger partial charge in [0.25, 0.3) is 0 Å². The second kappa shape index (κ2) is 6.36. The zero-order valence-corrected chi connectivity index (χ0v) is 11.3. The standard InChI is InChI=1S/C11H10BrClOS/c1-8(14)15-6-2-3-9-7-10(13)4-5-11(9)12/h2-5,7H,6H2,1H3. The van der Waals surface area contributed by atoms with Gasteiger partial charge < -0.3 is 0 Å². The molecule has 0 unspecified atom stereocenters. The average Bonchev–Trinajstić information content (AvgIpc) is 2.17. The number of hydrogen-bond donors (Lipinski definition) is 0. The first-order chi connectivity index (χ1) is 7.09. The van der Waals surface area contributed by atoms with Gasteiger partial charge in [0.15, 0.2) is 5.12 Å². The third-order valence-electron chi connectivity index (χ3n) is 1.64. The van der Waals surface area contributed by atoms with Crippen LogP contribution in [0.15, 0.2) is 28.7 Å². The highest BCUT2D eigenvalue weighted by Gasteiger charge is 1.96. The number of hydrogen-bond acceptors (Lipinski definition) is 2. The predicted molar refractivity (Wildman–Crippen MR) is 71.3 cm³/mol. The summed E-state index contributed by atoms with van der Waals surface area (Å²) in [7, 11) is 0. The average molecular weight is 306 g/mol. The van der Waals surface area contributed by atoms with E-state index in [2.05, 4.69) is 15.9 Å². The minimum atomic E-state index is 0.129. The molecule has 0 aliphatic heterocycles. The molecule has 1 aromatic rings. The molecule has 0 radical (unpaired) electrons. The highest BCUT2D eigenvalue weighted by Crippen LogP contribution is 2.22. The summed E-state index contributed by atoms with van der Waals surface area (Å²) in [6.45, 7) is 1.56. The van der Waals surface area contributed by atoms with Crippen molar-refractivity contribution in [2.75, 3.05) is 5.75 Å². The third kappa shape index (κ3) is 4.87. The lowest BCUT2D eigenvalue weighted by Crippen LogP contribution is -1.82. The second-order valence-electron chi connectivity index (χ2n) is 2.87. The van der Waals surface area contributed by atoms with E-state index in [0.29, 0.717) is 10.8 Å². The van der Waals surface area contributed by atoms with Crippen molar-refractivity contribution in [1.82, 2.24) is 0 Å². The number of halogens is 2. The Morgan fingerprint density at radius 3 is 3.00 bits per heavy atom. The number of carbonyl (C=O) groups is 1. The van der Waals surface area contributed by atoms with E-state index in [9.17, 15) is 4.79 Å². The molecule has 0 aromatic heterocycles. The van der Waals surface area contributed by atoms with Gasteiger partial charge in [-0.2, -0.15) is 0 Å². The molecule has 4 heteroatoms. The van der Waals surface area contributed by atoms with Crippen molar-refractivity contribution in [3.63, 3.8) is 0 Å². The van der Waals surface area contributed by atoms with Gasteiger partial charge in [-0.3, -0.25) is 4.79 Å². The van der Waals surface area contributed by atoms with E-state index in [1.165, 1.54) is 11.8 Å². The highest BCUT2D eigenvalue weighted by atomic mass is 79.9.